The van der Waals surface area contributed by atoms with Crippen LogP contribution in [0.5, 0.6) is 0 Å². The fourth-order valence-corrected chi connectivity index (χ4v) is 3.67. The van der Waals surface area contributed by atoms with E-state index in [1.54, 1.807) is 0 Å². The average molecular weight is 467 g/mol. The van der Waals surface area contributed by atoms with Gasteiger partial charge in [0.05, 0.1) is 24.2 Å². The van der Waals surface area contributed by atoms with Gasteiger partial charge in [-0.05, 0) is 24.6 Å². The number of fused-ring (bicyclic) bond motifs is 1. The highest BCUT2D eigenvalue weighted by Gasteiger charge is 2.20. The molecule has 1 amide bonds. The molecule has 0 saturated heterocycles. The van der Waals surface area contributed by atoms with Crippen LogP contribution in [-0.4, -0.2) is 36.7 Å². The van der Waals surface area contributed by atoms with Gasteiger partial charge in [0.25, 0.3) is 17.2 Å². The van der Waals surface area contributed by atoms with Crippen LogP contribution >= 0.6 is 11.6 Å². The number of nitrogens with zero attached hydrogens (tertiary/aromatic N) is 5. The van der Waals surface area contributed by atoms with Gasteiger partial charge in [-0.1, -0.05) is 41.4 Å². The largest absolute Gasteiger partial charge is 0.350 e. The van der Waals surface area contributed by atoms with E-state index in [1.807, 2.05) is 31.2 Å². The summed E-state index contributed by atoms with van der Waals surface area (Å²) in [6.07, 6.45) is 2.92. The fourth-order valence-electron chi connectivity index (χ4n) is 3.50. The third-order valence-corrected chi connectivity index (χ3v) is 5.30. The summed E-state index contributed by atoms with van der Waals surface area (Å²) >= 11 is 5.88. The highest BCUT2D eigenvalue weighted by molar-refractivity contribution is 6.31. The first kappa shape index (κ1) is 22.2. The molecule has 2 aromatic carbocycles. The summed E-state index contributed by atoms with van der Waals surface area (Å²) in [7, 11) is 0. The van der Waals surface area contributed by atoms with Crippen LogP contribution in [0.4, 0.5) is 5.69 Å². The lowest BCUT2D eigenvalue weighted by molar-refractivity contribution is -0.385. The molecule has 0 fully saturated rings. The Bertz CT molecular complexity index is 1430. The lowest BCUT2D eigenvalue weighted by atomic mass is 10.1. The van der Waals surface area contributed by atoms with Gasteiger partial charge in [0.2, 0.25) is 0 Å². The first-order chi connectivity index (χ1) is 15.8. The predicted molar refractivity (Wildman–Crippen MR) is 123 cm³/mol. The number of halogens is 1. The molecule has 33 heavy (non-hydrogen) atoms. The Kier molecular flexibility index (Phi) is 6.18. The zero-order chi connectivity index (χ0) is 23.5. The lowest BCUT2D eigenvalue weighted by Gasteiger charge is -2.08. The van der Waals surface area contributed by atoms with Gasteiger partial charge in [-0.2, -0.15) is 5.10 Å². The van der Waals surface area contributed by atoms with Crippen molar-refractivity contribution in [2.45, 2.75) is 20.0 Å². The van der Waals surface area contributed by atoms with Gasteiger partial charge < -0.3 is 5.32 Å². The Hall–Kier alpha value is -4.05. The molecule has 11 heteroatoms. The van der Waals surface area contributed by atoms with Crippen molar-refractivity contribution in [3.8, 4) is 0 Å². The van der Waals surface area contributed by atoms with Gasteiger partial charge in [0.1, 0.15) is 17.3 Å². The van der Waals surface area contributed by atoms with E-state index in [2.05, 4.69) is 15.4 Å². The molecule has 4 aromatic rings. The van der Waals surface area contributed by atoms with E-state index in [4.69, 9.17) is 11.6 Å². The van der Waals surface area contributed by atoms with Crippen molar-refractivity contribution in [3.05, 3.63) is 97.2 Å². The van der Waals surface area contributed by atoms with Crippen molar-refractivity contribution in [2.75, 3.05) is 6.54 Å². The number of hydrogen-bond donors (Lipinski definition) is 1. The number of hydrogen-bond acceptors (Lipinski definition) is 6. The average Bonchev–Trinajstić information content (AvgIpc) is 3.19. The second-order valence-corrected chi connectivity index (χ2v) is 7.88. The Balaban J connectivity index is 1.47. The molecular weight excluding hydrogens is 448 g/mol. The van der Waals surface area contributed by atoms with Crippen LogP contribution in [0.1, 0.15) is 21.5 Å². The smallest absolute Gasteiger partial charge is 0.282 e. The molecule has 0 aliphatic rings. The number of aromatic nitrogens is 4. The first-order valence-electron chi connectivity index (χ1n) is 10.0. The maximum atomic E-state index is 12.9. The second-order valence-electron chi connectivity index (χ2n) is 7.45. The number of carbonyl (C=O) groups is 1. The normalized spacial score (nSPS) is 11.0. The summed E-state index contributed by atoms with van der Waals surface area (Å²) in [5.74, 6) is -0.630. The van der Waals surface area contributed by atoms with Crippen LogP contribution in [0.15, 0.2) is 59.8 Å². The van der Waals surface area contributed by atoms with Crippen LogP contribution < -0.4 is 10.9 Å². The zero-order valence-electron chi connectivity index (χ0n) is 17.6. The highest BCUT2D eigenvalue weighted by Crippen LogP contribution is 2.22. The molecule has 0 saturated carbocycles. The summed E-state index contributed by atoms with van der Waals surface area (Å²) in [6.45, 7) is 2.72. The molecule has 4 rings (SSSR count). The molecule has 0 aliphatic heterocycles. The number of nitro benzene ring substituents is 1. The summed E-state index contributed by atoms with van der Waals surface area (Å²) in [5.41, 5.74) is 1.80. The minimum Gasteiger partial charge on any atom is -0.350 e. The van der Waals surface area contributed by atoms with Crippen molar-refractivity contribution < 1.29 is 9.72 Å². The molecule has 168 valence electrons. The van der Waals surface area contributed by atoms with Crippen molar-refractivity contribution in [3.63, 3.8) is 0 Å². The monoisotopic (exact) mass is 466 g/mol. The number of nitro groups is 1. The molecular formula is C22H19ClN6O4. The maximum Gasteiger partial charge on any atom is 0.282 e. The minimum absolute atomic E-state index is 0.118. The van der Waals surface area contributed by atoms with E-state index in [9.17, 15) is 19.7 Å². The van der Waals surface area contributed by atoms with Gasteiger partial charge in [-0.15, -0.1) is 0 Å². The van der Waals surface area contributed by atoms with E-state index in [1.165, 1.54) is 40.0 Å². The quantitative estimate of drug-likeness (QED) is 0.330. The van der Waals surface area contributed by atoms with E-state index >= 15 is 0 Å². The Morgan fingerprint density at radius 2 is 2.06 bits per heavy atom. The van der Waals surface area contributed by atoms with E-state index in [-0.39, 0.29) is 34.9 Å². The standard InChI is InChI=1S/C22H19ClN6O4/c1-14-3-2-4-15(9-14)12-27-13-25-20-18(22(27)31)11-26-28(20)8-7-24-21(30)17-10-16(23)5-6-19(17)29(32)33/h2-6,9-11,13H,7-8,12H2,1H3,(H,24,30). The molecule has 2 aromatic heterocycles. The molecule has 10 nitrogen and oxygen atoms in total. The van der Waals surface area contributed by atoms with Crippen LogP contribution in [-0.2, 0) is 13.1 Å². The summed E-state index contributed by atoms with van der Waals surface area (Å²) in [4.78, 5) is 40.2. The van der Waals surface area contributed by atoms with E-state index < -0.39 is 10.8 Å². The molecule has 2 heterocycles. The summed E-state index contributed by atoms with van der Waals surface area (Å²) < 4.78 is 3.02. The van der Waals surface area contributed by atoms with Crippen LogP contribution in [0.3, 0.4) is 0 Å². The van der Waals surface area contributed by atoms with Crippen molar-refractivity contribution >= 4 is 34.2 Å². The molecule has 0 spiro atoms. The third-order valence-electron chi connectivity index (χ3n) is 5.07. The van der Waals surface area contributed by atoms with Gasteiger partial charge in [-0.3, -0.25) is 24.3 Å². The van der Waals surface area contributed by atoms with Crippen LogP contribution in [0.25, 0.3) is 11.0 Å². The van der Waals surface area contributed by atoms with Crippen molar-refractivity contribution in [1.29, 1.82) is 0 Å². The fraction of sp³-hybridized carbons (Fsp3) is 0.182. The highest BCUT2D eigenvalue weighted by atomic mass is 35.5. The summed E-state index contributed by atoms with van der Waals surface area (Å²) in [5, 5.41) is 18.6. The van der Waals surface area contributed by atoms with Gasteiger partial charge in [0, 0.05) is 17.6 Å². The Morgan fingerprint density at radius 1 is 1.24 bits per heavy atom. The Labute approximate surface area is 192 Å². The number of amides is 1. The number of aryl methyl sites for hydroxylation is 1. The maximum absolute atomic E-state index is 12.9. The molecule has 0 unspecified atom stereocenters. The molecule has 0 aliphatic carbocycles. The molecule has 0 atom stereocenters. The summed E-state index contributed by atoms with van der Waals surface area (Å²) in [6, 6.07) is 11.7. The predicted octanol–water partition coefficient (Wildman–Crippen LogP) is 2.94. The number of benzene rings is 2. The molecule has 1 N–H and O–H groups in total. The number of nitrogens with one attached hydrogen (secondary N) is 1. The van der Waals surface area contributed by atoms with Crippen LogP contribution in [0.2, 0.25) is 5.02 Å². The SMILES string of the molecule is Cc1cccc(Cn2cnc3c(cnn3CCNC(=O)c3cc(Cl)ccc3[N+](=O)[O-])c2=O)c1. The van der Waals surface area contributed by atoms with Crippen LogP contribution in [0, 0.1) is 17.0 Å². The molecule has 0 bridgehead atoms. The molecule has 0 radical (unpaired) electrons. The lowest BCUT2D eigenvalue weighted by Crippen LogP contribution is -2.28. The van der Waals surface area contributed by atoms with Gasteiger partial charge in [-0.25, -0.2) is 9.67 Å². The van der Waals surface area contributed by atoms with E-state index in [0.717, 1.165) is 11.1 Å². The number of rotatable bonds is 7. The van der Waals surface area contributed by atoms with Crippen molar-refractivity contribution in [1.82, 2.24) is 24.6 Å². The third kappa shape index (κ3) is 4.75. The van der Waals surface area contributed by atoms with Crippen molar-refractivity contribution in [2.24, 2.45) is 0 Å². The van der Waals surface area contributed by atoms with E-state index in [0.29, 0.717) is 17.6 Å². The first-order valence-corrected chi connectivity index (χ1v) is 10.4. The number of carbonyl (C=O) groups excluding carboxylic acids is 1. The van der Waals surface area contributed by atoms with Gasteiger partial charge >= 0.3 is 0 Å². The Morgan fingerprint density at radius 3 is 2.82 bits per heavy atom. The topological polar surface area (TPSA) is 125 Å². The second kappa shape index (κ2) is 9.21. The van der Waals surface area contributed by atoms with Gasteiger partial charge in [0.15, 0.2) is 5.65 Å². The zero-order valence-corrected chi connectivity index (χ0v) is 18.3. The minimum atomic E-state index is -0.641.